The number of rotatable bonds is 1. The summed E-state index contributed by atoms with van der Waals surface area (Å²) in [5.41, 5.74) is 0. The molecule has 0 aliphatic rings. The Morgan fingerprint density at radius 1 is 2.00 bits per heavy atom. The molecule has 0 aromatic rings. The van der Waals surface area contributed by atoms with Crippen LogP contribution in [0.4, 0.5) is 0 Å². The topological polar surface area (TPSA) is 37.3 Å². The molecule has 0 atom stereocenters. The van der Waals surface area contributed by atoms with E-state index in [1.54, 1.807) is 0 Å². The van der Waals surface area contributed by atoms with Crippen molar-refractivity contribution < 1.29 is 9.90 Å². The number of carboxylic acid groups (broad SMARTS) is 1. The first kappa shape index (κ1) is 5.39. The van der Waals surface area contributed by atoms with Gasteiger partial charge in [-0.2, -0.15) is 0 Å². The average Bonchev–Trinajstić information content (AvgIpc) is 1.38. The summed E-state index contributed by atoms with van der Waals surface area (Å²) in [7, 11) is 0. The number of hydrogen-bond acceptors (Lipinski definition) is 1. The summed E-state index contributed by atoms with van der Waals surface area (Å²) in [5, 5.41) is 7.76. The summed E-state index contributed by atoms with van der Waals surface area (Å²) in [6, 6.07) is 0. The van der Waals surface area contributed by atoms with Gasteiger partial charge in [0.25, 0.3) is 0 Å². The van der Waals surface area contributed by atoms with Gasteiger partial charge >= 0.3 is 45.6 Å². The van der Waals surface area contributed by atoms with E-state index in [9.17, 15) is 4.79 Å². The summed E-state index contributed by atoms with van der Waals surface area (Å²) in [6.45, 7) is 0. The summed E-state index contributed by atoms with van der Waals surface area (Å²) in [6.07, 6.45) is 0. The fourth-order valence-electron chi connectivity index (χ4n) is 0. The van der Waals surface area contributed by atoms with Gasteiger partial charge < -0.3 is 0 Å². The molecule has 0 saturated carbocycles. The monoisotopic (exact) mass is 268 g/mol. The Kier molecular flexibility index (Phi) is 2.83. The van der Waals surface area contributed by atoms with Gasteiger partial charge in [0.05, 0.1) is 0 Å². The van der Waals surface area contributed by atoms with Crippen molar-refractivity contribution in [3.05, 3.63) is 0 Å². The van der Waals surface area contributed by atoms with Crippen LogP contribution in [0.1, 0.15) is 0 Å². The molecule has 0 heterocycles. The third-order valence-electron chi connectivity index (χ3n) is 0.175. The van der Waals surface area contributed by atoms with Crippen LogP contribution in [0.3, 0.4) is 0 Å². The first-order valence-electron chi connectivity index (χ1n) is 1.19. The van der Waals surface area contributed by atoms with Crippen molar-refractivity contribution in [2.45, 2.75) is 3.98 Å². The van der Waals surface area contributed by atoms with Crippen molar-refractivity contribution in [1.29, 1.82) is 0 Å². The predicted octanol–water partition coefficient (Wildman–Crippen LogP) is -0.610. The van der Waals surface area contributed by atoms with Crippen molar-refractivity contribution in [2.75, 3.05) is 0 Å². The minimum atomic E-state index is -0.671. The Morgan fingerprint density at radius 3 is 2.20 bits per heavy atom. The maximum absolute atomic E-state index is 9.41. The zero-order chi connectivity index (χ0) is 4.28. The van der Waals surface area contributed by atoms with Crippen molar-refractivity contribution in [2.24, 2.45) is 0 Å². The van der Waals surface area contributed by atoms with Gasteiger partial charge in [-0.1, -0.05) is 0 Å². The number of carbonyl (C=O) groups is 1. The van der Waals surface area contributed by atoms with Crippen LogP contribution in [0.5, 0.6) is 0 Å². The van der Waals surface area contributed by atoms with Crippen molar-refractivity contribution in [1.82, 2.24) is 0 Å². The molecular weight excluding hydrogens is 263 g/mol. The fourth-order valence-corrected chi connectivity index (χ4v) is 0. The van der Waals surface area contributed by atoms with E-state index in [2.05, 4.69) is 0 Å². The summed E-state index contributed by atoms with van der Waals surface area (Å²) in [5.74, 6) is -0.671. The van der Waals surface area contributed by atoms with Crippen LogP contribution in [0.15, 0.2) is 0 Å². The predicted molar refractivity (Wildman–Crippen MR) is 19.6 cm³/mol. The quantitative estimate of drug-likeness (QED) is 0.644. The summed E-state index contributed by atoms with van der Waals surface area (Å²) >= 11 is 0.609. The van der Waals surface area contributed by atoms with Crippen LogP contribution in [0, 0.1) is 0 Å². The summed E-state index contributed by atoms with van der Waals surface area (Å²) in [4.78, 5) is 9.41. The molecule has 1 N–H and O–H groups in total. The Hall–Kier alpha value is 0.392. The molecular formula is C2H4O2Pb. The molecule has 0 rings (SSSR count). The van der Waals surface area contributed by atoms with Gasteiger partial charge in [0.2, 0.25) is 0 Å². The van der Waals surface area contributed by atoms with Crippen LogP contribution < -0.4 is 0 Å². The van der Waals surface area contributed by atoms with Gasteiger partial charge in [0.15, 0.2) is 0 Å². The molecule has 2 radical (unpaired) electrons. The molecule has 3 heteroatoms. The molecule has 0 aliphatic heterocycles. The van der Waals surface area contributed by atoms with Gasteiger partial charge in [0.1, 0.15) is 0 Å². The molecule has 0 amide bonds. The molecule has 0 fully saturated rings. The molecule has 28 valence electrons. The van der Waals surface area contributed by atoms with Crippen molar-refractivity contribution in [3.63, 3.8) is 0 Å². The van der Waals surface area contributed by atoms with Gasteiger partial charge in [-0.25, -0.2) is 0 Å². The molecule has 0 aromatic heterocycles. The maximum atomic E-state index is 9.41. The Labute approximate surface area is 45.9 Å². The first-order valence-corrected chi connectivity index (χ1v) is 4.36. The van der Waals surface area contributed by atoms with E-state index in [1.165, 1.54) is 0 Å². The Morgan fingerprint density at radius 2 is 2.20 bits per heavy atom. The molecule has 0 aromatic carbocycles. The fraction of sp³-hybridized carbons (Fsp3) is 0.500. The van der Waals surface area contributed by atoms with Gasteiger partial charge in [-0.05, 0) is 0 Å². The number of hydrogen-bond donors (Lipinski definition) is 1. The van der Waals surface area contributed by atoms with Crippen molar-refractivity contribution in [3.8, 4) is 0 Å². The van der Waals surface area contributed by atoms with Gasteiger partial charge in [-0.15, -0.1) is 0 Å². The zero-order valence-corrected chi connectivity index (χ0v) is 7.13. The van der Waals surface area contributed by atoms with Crippen molar-refractivity contribution >= 4 is 31.7 Å². The van der Waals surface area contributed by atoms with Crippen LogP contribution in [-0.2, 0) is 4.79 Å². The van der Waals surface area contributed by atoms with E-state index in [4.69, 9.17) is 5.11 Å². The third kappa shape index (κ3) is 4.39. The molecule has 0 bridgehead atoms. The zero-order valence-electron chi connectivity index (χ0n) is 2.64. The Bertz CT molecular complexity index is 42.9. The molecule has 5 heavy (non-hydrogen) atoms. The summed E-state index contributed by atoms with van der Waals surface area (Å²) < 4.78 is 0.389. The van der Waals surface area contributed by atoms with Crippen LogP contribution >= 0.6 is 0 Å². The second kappa shape index (κ2) is 2.62. The molecule has 2 nitrogen and oxygen atoms in total. The van der Waals surface area contributed by atoms with Crippen LogP contribution in [-0.4, -0.2) is 36.8 Å². The van der Waals surface area contributed by atoms with E-state index < -0.39 is 5.97 Å². The molecule has 0 unspecified atom stereocenters. The molecule has 0 saturated heterocycles. The van der Waals surface area contributed by atoms with E-state index in [0.29, 0.717) is 29.7 Å². The van der Waals surface area contributed by atoms with Crippen LogP contribution in [0.2, 0.25) is 3.98 Å². The second-order valence-electron chi connectivity index (χ2n) is 0.598. The molecule has 0 spiro atoms. The van der Waals surface area contributed by atoms with E-state index >= 15 is 0 Å². The second-order valence-corrected chi connectivity index (χ2v) is 2.18. The van der Waals surface area contributed by atoms with Gasteiger partial charge in [-0.3, -0.25) is 0 Å². The minimum absolute atomic E-state index is 0.389. The van der Waals surface area contributed by atoms with E-state index in [-0.39, 0.29) is 0 Å². The normalized spacial score (nSPS) is 7.40. The number of aliphatic carboxylic acids is 1. The molecule has 0 aliphatic carbocycles. The SMILES string of the molecule is O=C(O)[CH2][PbH]. The van der Waals surface area contributed by atoms with E-state index in [1.807, 2.05) is 0 Å². The Balaban J connectivity index is 2.85. The standard InChI is InChI=1S/C2H3O2.Pb.H/c1-2(3)4;;/h1H2,(H,3,4);;. The average molecular weight is 267 g/mol. The van der Waals surface area contributed by atoms with Crippen LogP contribution in [0.25, 0.3) is 0 Å². The first-order chi connectivity index (χ1) is 2.27. The number of carboxylic acids is 1. The van der Waals surface area contributed by atoms with E-state index in [0.717, 1.165) is 0 Å². The van der Waals surface area contributed by atoms with Gasteiger partial charge in [0, 0.05) is 0 Å². The third-order valence-corrected chi connectivity index (χ3v) is 1.53.